The Balaban J connectivity index is 0.000000238. The van der Waals surface area contributed by atoms with Gasteiger partial charge in [-0.2, -0.15) is 0 Å². The van der Waals surface area contributed by atoms with Gasteiger partial charge in [0.1, 0.15) is 11.5 Å². The van der Waals surface area contributed by atoms with Gasteiger partial charge >= 0.3 is 0 Å². The van der Waals surface area contributed by atoms with Crippen molar-refractivity contribution in [3.8, 4) is 56.3 Å². The molecule has 0 fully saturated rings. The molecule has 0 bridgehead atoms. The first kappa shape index (κ1) is 48.8. The van der Waals surface area contributed by atoms with Gasteiger partial charge < -0.3 is 9.47 Å². The monoisotopic (exact) mass is 845 g/mol. The van der Waals surface area contributed by atoms with Gasteiger partial charge in [0.25, 0.3) is 0 Å². The molecular weight excluding hydrogens is 769 g/mol. The fourth-order valence-corrected chi connectivity index (χ4v) is 7.77. The maximum Gasteiger partial charge on any atom is 0.119 e. The van der Waals surface area contributed by atoms with E-state index in [2.05, 4.69) is 149 Å². The van der Waals surface area contributed by atoms with Crippen LogP contribution in [0, 0.1) is 0 Å². The van der Waals surface area contributed by atoms with Gasteiger partial charge in [-0.3, -0.25) is 9.97 Å². The van der Waals surface area contributed by atoms with E-state index in [0.29, 0.717) is 0 Å². The molecule has 4 aromatic carbocycles. The molecule has 0 unspecified atom stereocenters. The molecule has 4 heteroatoms. The molecule has 0 amide bonds. The van der Waals surface area contributed by atoms with Crippen molar-refractivity contribution in [2.75, 3.05) is 13.2 Å². The number of nitrogens with zero attached hydrogens (tertiary/aromatic N) is 2. The minimum atomic E-state index is 0.804. The first-order valence-corrected chi connectivity index (χ1v) is 24.7. The molecule has 6 aromatic rings. The maximum atomic E-state index is 5.89. The molecule has 0 aliphatic rings. The quantitative estimate of drug-likeness (QED) is 0.0485. The molecule has 0 spiro atoms. The van der Waals surface area contributed by atoms with Gasteiger partial charge in [-0.25, -0.2) is 0 Å². The number of benzene rings is 4. The van der Waals surface area contributed by atoms with Crippen LogP contribution in [0.1, 0.15) is 148 Å². The summed E-state index contributed by atoms with van der Waals surface area (Å²) in [6, 6.07) is 43.0. The molecule has 4 nitrogen and oxygen atoms in total. The van der Waals surface area contributed by atoms with Crippen LogP contribution < -0.4 is 9.47 Å². The zero-order chi connectivity index (χ0) is 44.2. The van der Waals surface area contributed by atoms with Crippen molar-refractivity contribution in [1.29, 1.82) is 0 Å². The Hall–Kier alpha value is -5.22. The van der Waals surface area contributed by atoms with E-state index in [0.717, 1.165) is 72.9 Å². The van der Waals surface area contributed by atoms with Gasteiger partial charge in [0, 0.05) is 23.5 Å². The van der Waals surface area contributed by atoms with Crippen LogP contribution in [0.15, 0.2) is 134 Å². The lowest BCUT2D eigenvalue weighted by Crippen LogP contribution is -1.97. The van der Waals surface area contributed by atoms with E-state index in [9.17, 15) is 0 Å². The van der Waals surface area contributed by atoms with Gasteiger partial charge in [-0.1, -0.05) is 196 Å². The molecule has 0 atom stereocenters. The summed E-state index contributed by atoms with van der Waals surface area (Å²) in [5.74, 6) is 1.91. The third kappa shape index (κ3) is 17.8. The molecule has 0 saturated heterocycles. The van der Waals surface area contributed by atoms with Gasteiger partial charge in [-0.15, -0.1) is 0 Å². The number of hydrogen-bond acceptors (Lipinski definition) is 4. The topological polar surface area (TPSA) is 44.2 Å². The second-order valence-electron chi connectivity index (χ2n) is 17.1. The predicted molar refractivity (Wildman–Crippen MR) is 270 cm³/mol. The smallest absolute Gasteiger partial charge is 0.119 e. The Morgan fingerprint density at radius 2 is 0.603 bits per heavy atom. The van der Waals surface area contributed by atoms with E-state index < -0.39 is 0 Å². The molecule has 63 heavy (non-hydrogen) atoms. The fourth-order valence-electron chi connectivity index (χ4n) is 7.77. The van der Waals surface area contributed by atoms with E-state index >= 15 is 0 Å². The standard InChI is InChI=1S/C30H39NO.C29H37NO/c1-3-5-7-9-11-23-32-29-20-18-27(19-21-29)26-14-16-28(17-15-26)30-22-13-25(24-31-30)12-10-8-6-4-2;1-3-5-7-9-11-24-12-21-29(30-23-24)27-15-13-25(14-16-27)26-17-19-28(20-18-26)31-22-10-8-6-4-2/h13-22,24H,3-12,23H2,1-2H3;12-21,23H,3-11,22H2,1-2H3. The summed E-state index contributed by atoms with van der Waals surface area (Å²) < 4.78 is 11.8. The van der Waals surface area contributed by atoms with Crippen molar-refractivity contribution in [3.63, 3.8) is 0 Å². The molecule has 0 N–H and O–H groups in total. The molecule has 0 saturated carbocycles. The molecular formula is C59H76N2O2. The van der Waals surface area contributed by atoms with Crippen molar-refractivity contribution in [3.05, 3.63) is 145 Å². The lowest BCUT2D eigenvalue weighted by atomic mass is 10.0. The van der Waals surface area contributed by atoms with Crippen LogP contribution in [0.25, 0.3) is 44.8 Å². The summed E-state index contributed by atoms with van der Waals surface area (Å²) in [7, 11) is 0. The molecule has 0 aliphatic carbocycles. The lowest BCUT2D eigenvalue weighted by Gasteiger charge is -2.08. The zero-order valence-corrected chi connectivity index (χ0v) is 39.3. The normalized spacial score (nSPS) is 10.9. The third-order valence-electron chi connectivity index (χ3n) is 11.8. The van der Waals surface area contributed by atoms with Gasteiger partial charge in [0.05, 0.1) is 24.6 Å². The Bertz CT molecular complexity index is 2050. The van der Waals surface area contributed by atoms with Crippen LogP contribution in [0.2, 0.25) is 0 Å². The van der Waals surface area contributed by atoms with Gasteiger partial charge in [0.2, 0.25) is 0 Å². The van der Waals surface area contributed by atoms with Crippen molar-refractivity contribution in [1.82, 2.24) is 9.97 Å². The first-order chi connectivity index (χ1) is 31.1. The summed E-state index contributed by atoms with van der Waals surface area (Å²) in [5.41, 5.74) is 11.9. The Labute approximate surface area is 382 Å². The van der Waals surface area contributed by atoms with Gasteiger partial charge in [-0.05, 0) is 108 Å². The average molecular weight is 845 g/mol. The first-order valence-electron chi connectivity index (χ1n) is 24.7. The highest BCUT2D eigenvalue weighted by Crippen LogP contribution is 2.28. The van der Waals surface area contributed by atoms with E-state index in [1.54, 1.807) is 0 Å². The molecule has 6 rings (SSSR count). The van der Waals surface area contributed by atoms with Crippen molar-refractivity contribution >= 4 is 0 Å². The number of ether oxygens (including phenoxy) is 2. The average Bonchev–Trinajstić information content (AvgIpc) is 3.34. The van der Waals surface area contributed by atoms with E-state index in [1.165, 1.54) is 130 Å². The SMILES string of the molecule is CCCCCCCOc1ccc(-c2ccc(-c3ccc(CCCCCC)cn3)cc2)cc1.CCCCCCOc1ccc(-c2ccc(-c3ccc(CCCCCC)cn3)cc2)cc1. The van der Waals surface area contributed by atoms with E-state index in [-0.39, 0.29) is 0 Å². The van der Waals surface area contributed by atoms with E-state index in [4.69, 9.17) is 19.4 Å². The summed E-state index contributed by atoms with van der Waals surface area (Å²) in [4.78, 5) is 9.39. The summed E-state index contributed by atoms with van der Waals surface area (Å²) >= 11 is 0. The largest absolute Gasteiger partial charge is 0.494 e. The number of rotatable bonds is 27. The van der Waals surface area contributed by atoms with Crippen LogP contribution in [0.3, 0.4) is 0 Å². The highest BCUT2D eigenvalue weighted by Gasteiger charge is 2.06. The van der Waals surface area contributed by atoms with Crippen molar-refractivity contribution < 1.29 is 9.47 Å². The lowest BCUT2D eigenvalue weighted by molar-refractivity contribution is 0.304. The van der Waals surface area contributed by atoms with Crippen LogP contribution in [-0.2, 0) is 12.8 Å². The molecule has 2 heterocycles. The third-order valence-corrected chi connectivity index (χ3v) is 11.8. The van der Waals surface area contributed by atoms with E-state index in [1.807, 2.05) is 12.4 Å². The second-order valence-corrected chi connectivity index (χ2v) is 17.1. The van der Waals surface area contributed by atoms with Crippen LogP contribution in [0.4, 0.5) is 0 Å². The van der Waals surface area contributed by atoms with Crippen molar-refractivity contribution in [2.45, 2.75) is 150 Å². The fraction of sp³-hybridized carbons (Fsp3) is 0.424. The van der Waals surface area contributed by atoms with Crippen molar-refractivity contribution in [2.24, 2.45) is 0 Å². The van der Waals surface area contributed by atoms with Gasteiger partial charge in [0.15, 0.2) is 0 Å². The highest BCUT2D eigenvalue weighted by atomic mass is 16.5. The number of aromatic nitrogens is 2. The summed E-state index contributed by atoms with van der Waals surface area (Å²) in [5, 5.41) is 0. The molecule has 334 valence electrons. The number of aryl methyl sites for hydroxylation is 2. The second kappa shape index (κ2) is 29.2. The minimum Gasteiger partial charge on any atom is -0.494 e. The number of hydrogen-bond donors (Lipinski definition) is 0. The zero-order valence-electron chi connectivity index (χ0n) is 39.3. The molecule has 2 aromatic heterocycles. The number of unbranched alkanes of at least 4 members (excludes halogenated alkanes) is 13. The Morgan fingerprint density at radius 1 is 0.302 bits per heavy atom. The highest BCUT2D eigenvalue weighted by molar-refractivity contribution is 5.70. The van der Waals surface area contributed by atoms with Crippen LogP contribution >= 0.6 is 0 Å². The Morgan fingerprint density at radius 3 is 0.937 bits per heavy atom. The van der Waals surface area contributed by atoms with Crippen LogP contribution in [0.5, 0.6) is 11.5 Å². The van der Waals surface area contributed by atoms with Crippen LogP contribution in [-0.4, -0.2) is 23.2 Å². The summed E-state index contributed by atoms with van der Waals surface area (Å²) in [6.45, 7) is 10.6. The number of pyridine rings is 2. The molecule has 0 radical (unpaired) electrons. The maximum absolute atomic E-state index is 5.89. The Kier molecular flexibility index (Phi) is 22.6. The summed E-state index contributed by atoms with van der Waals surface area (Å²) in [6.07, 6.45) is 27.9. The predicted octanol–water partition coefficient (Wildman–Crippen LogP) is 17.4. The molecule has 0 aliphatic heterocycles. The minimum absolute atomic E-state index is 0.804.